The molecule has 2 N–H and O–H groups in total. The normalized spacial score (nSPS) is 12.6. The maximum Gasteiger partial charge on any atom is 0.234 e. The van der Waals surface area contributed by atoms with Crippen LogP contribution in [0.25, 0.3) is 11.3 Å². The van der Waals surface area contributed by atoms with Crippen molar-refractivity contribution in [2.45, 2.75) is 5.16 Å². The van der Waals surface area contributed by atoms with Gasteiger partial charge >= 0.3 is 0 Å². The summed E-state index contributed by atoms with van der Waals surface area (Å²) in [6, 6.07) is 11.2. The Labute approximate surface area is 179 Å². The number of carbonyl (C=O) groups is 1. The predicted molar refractivity (Wildman–Crippen MR) is 114 cm³/mol. The summed E-state index contributed by atoms with van der Waals surface area (Å²) in [5, 5.41) is 3.87. The van der Waals surface area contributed by atoms with Crippen molar-refractivity contribution in [2.24, 2.45) is 0 Å². The molecule has 0 bridgehead atoms. The molecule has 0 aliphatic carbocycles. The lowest BCUT2D eigenvalue weighted by Crippen LogP contribution is -2.17. The van der Waals surface area contributed by atoms with Crippen molar-refractivity contribution in [1.29, 1.82) is 0 Å². The van der Waals surface area contributed by atoms with Crippen molar-refractivity contribution in [3.63, 3.8) is 0 Å². The van der Waals surface area contributed by atoms with Crippen molar-refractivity contribution >= 4 is 50.9 Å². The molecule has 0 spiro atoms. The summed E-state index contributed by atoms with van der Waals surface area (Å²) in [4.78, 5) is 19.8. The smallest absolute Gasteiger partial charge is 0.234 e. The van der Waals surface area contributed by atoms with E-state index in [4.69, 9.17) is 21.1 Å². The van der Waals surface area contributed by atoms with Crippen molar-refractivity contribution in [2.75, 3.05) is 24.3 Å². The quantitative estimate of drug-likeness (QED) is 0.503. The van der Waals surface area contributed by atoms with Gasteiger partial charge in [-0.25, -0.2) is 4.98 Å². The number of H-pyrrole nitrogens is 1. The summed E-state index contributed by atoms with van der Waals surface area (Å²) >= 11 is 11.0. The monoisotopic (exact) mass is 479 g/mol. The lowest BCUT2D eigenvalue weighted by atomic mass is 10.2. The Morgan fingerprint density at radius 1 is 1.21 bits per heavy atom. The Morgan fingerprint density at radius 3 is 2.68 bits per heavy atom. The molecule has 28 heavy (non-hydrogen) atoms. The van der Waals surface area contributed by atoms with Crippen LogP contribution in [0.2, 0.25) is 5.02 Å². The van der Waals surface area contributed by atoms with E-state index in [0.29, 0.717) is 40.6 Å². The summed E-state index contributed by atoms with van der Waals surface area (Å²) in [5.74, 6) is 1.16. The van der Waals surface area contributed by atoms with Crippen LogP contribution in [0, 0.1) is 0 Å². The zero-order valence-corrected chi connectivity index (χ0v) is 17.7. The number of anilines is 1. The second-order valence-electron chi connectivity index (χ2n) is 5.92. The molecule has 1 aliphatic rings. The number of ether oxygens (including phenoxy) is 2. The minimum absolute atomic E-state index is 0.190. The maximum absolute atomic E-state index is 12.3. The molecule has 2 aromatic carbocycles. The molecule has 144 valence electrons. The number of hydrogen-bond acceptors (Lipinski definition) is 5. The van der Waals surface area contributed by atoms with Crippen LogP contribution in [0.5, 0.6) is 11.5 Å². The Kier molecular flexibility index (Phi) is 5.79. The number of halogens is 2. The molecule has 0 saturated heterocycles. The fraction of sp³-hybridized carbons (Fsp3) is 0.158. The minimum atomic E-state index is -0.190. The average molecular weight is 481 g/mol. The molecule has 0 radical (unpaired) electrons. The minimum Gasteiger partial charge on any atom is -0.486 e. The largest absolute Gasteiger partial charge is 0.486 e. The number of imidazole rings is 1. The topological polar surface area (TPSA) is 76.2 Å². The number of hydrogen-bond donors (Lipinski definition) is 2. The Morgan fingerprint density at radius 2 is 1.93 bits per heavy atom. The molecule has 0 unspecified atom stereocenters. The first-order valence-electron chi connectivity index (χ1n) is 8.41. The highest BCUT2D eigenvalue weighted by atomic mass is 79.9. The number of rotatable bonds is 5. The zero-order chi connectivity index (χ0) is 19.5. The number of nitrogens with one attached hydrogen (secondary N) is 2. The number of amides is 1. The molecule has 9 heteroatoms. The molecule has 0 saturated carbocycles. The van der Waals surface area contributed by atoms with E-state index < -0.39 is 0 Å². The first-order chi connectivity index (χ1) is 13.6. The van der Waals surface area contributed by atoms with E-state index in [1.807, 2.05) is 24.3 Å². The van der Waals surface area contributed by atoms with E-state index in [1.165, 1.54) is 11.8 Å². The summed E-state index contributed by atoms with van der Waals surface area (Å²) < 4.78 is 12.0. The highest BCUT2D eigenvalue weighted by Gasteiger charge is 2.16. The fourth-order valence-electron chi connectivity index (χ4n) is 2.63. The third kappa shape index (κ3) is 4.45. The Bertz CT molecular complexity index is 1010. The van der Waals surface area contributed by atoms with Gasteiger partial charge in [-0.05, 0) is 17.7 Å². The highest BCUT2D eigenvalue weighted by molar-refractivity contribution is 9.10. The van der Waals surface area contributed by atoms with Crippen LogP contribution in [0.4, 0.5) is 5.69 Å². The van der Waals surface area contributed by atoms with E-state index in [1.54, 1.807) is 18.3 Å². The number of benzene rings is 2. The van der Waals surface area contributed by atoms with Crippen LogP contribution in [0.1, 0.15) is 0 Å². The van der Waals surface area contributed by atoms with Gasteiger partial charge in [-0.1, -0.05) is 51.4 Å². The van der Waals surface area contributed by atoms with E-state index >= 15 is 0 Å². The third-order valence-electron chi connectivity index (χ3n) is 3.95. The molecule has 1 aromatic heterocycles. The molecule has 0 fully saturated rings. The van der Waals surface area contributed by atoms with Crippen molar-refractivity contribution in [3.05, 3.63) is 52.1 Å². The second-order valence-corrected chi connectivity index (χ2v) is 8.21. The van der Waals surface area contributed by atoms with Gasteiger partial charge in [0.2, 0.25) is 5.91 Å². The van der Waals surface area contributed by atoms with E-state index in [-0.39, 0.29) is 11.7 Å². The number of aromatic amines is 1. The second kappa shape index (κ2) is 8.46. The van der Waals surface area contributed by atoms with E-state index in [9.17, 15) is 4.79 Å². The summed E-state index contributed by atoms with van der Waals surface area (Å²) in [7, 11) is 0. The van der Waals surface area contributed by atoms with Crippen molar-refractivity contribution < 1.29 is 14.3 Å². The molecule has 1 amide bonds. The molecule has 2 heterocycles. The summed E-state index contributed by atoms with van der Waals surface area (Å²) in [5.41, 5.74) is 2.41. The standard InChI is InChI=1S/C19H15BrClN3O3S/c20-12-3-1-11(2-4-12)15-9-22-19(24-15)28-10-18(25)23-14-8-17-16(7-13(14)21)26-5-6-27-17/h1-4,7-9H,5-6,10H2,(H,22,24)(H,23,25). The van der Waals surface area contributed by atoms with Gasteiger partial charge in [0.05, 0.1) is 28.4 Å². The number of nitrogens with zero attached hydrogens (tertiary/aromatic N) is 1. The van der Waals surface area contributed by atoms with Gasteiger partial charge in [0, 0.05) is 16.6 Å². The predicted octanol–water partition coefficient (Wildman–Crippen LogP) is 4.99. The van der Waals surface area contributed by atoms with Gasteiger partial charge in [0.25, 0.3) is 0 Å². The van der Waals surface area contributed by atoms with Crippen molar-refractivity contribution in [3.8, 4) is 22.8 Å². The first-order valence-corrected chi connectivity index (χ1v) is 10.6. The van der Waals surface area contributed by atoms with Gasteiger partial charge in [0.1, 0.15) is 13.2 Å². The van der Waals surface area contributed by atoms with Crippen LogP contribution in [0.3, 0.4) is 0 Å². The van der Waals surface area contributed by atoms with Gasteiger partial charge < -0.3 is 19.8 Å². The summed E-state index contributed by atoms with van der Waals surface area (Å²) in [6.07, 6.45) is 1.75. The molecule has 1 aliphatic heterocycles. The molecule has 6 nitrogen and oxygen atoms in total. The van der Waals surface area contributed by atoms with Crippen molar-refractivity contribution in [1.82, 2.24) is 9.97 Å². The number of carbonyl (C=O) groups excluding carboxylic acids is 1. The Balaban J connectivity index is 1.37. The fourth-order valence-corrected chi connectivity index (χ4v) is 3.75. The number of thioether (sulfide) groups is 1. The van der Waals surface area contributed by atoms with Gasteiger partial charge in [-0.3, -0.25) is 4.79 Å². The van der Waals surface area contributed by atoms with Crippen LogP contribution in [-0.4, -0.2) is 34.8 Å². The van der Waals surface area contributed by atoms with Gasteiger partial charge in [0.15, 0.2) is 16.7 Å². The van der Waals surface area contributed by atoms with Gasteiger partial charge in [-0.15, -0.1) is 0 Å². The van der Waals surface area contributed by atoms with Gasteiger partial charge in [-0.2, -0.15) is 0 Å². The molecule has 3 aromatic rings. The van der Waals surface area contributed by atoms with Crippen LogP contribution in [-0.2, 0) is 4.79 Å². The maximum atomic E-state index is 12.3. The zero-order valence-electron chi connectivity index (χ0n) is 14.5. The average Bonchev–Trinajstić information content (AvgIpc) is 3.16. The lowest BCUT2D eigenvalue weighted by molar-refractivity contribution is -0.113. The molecule has 0 atom stereocenters. The molecule has 4 rings (SSSR count). The van der Waals surface area contributed by atoms with E-state index in [2.05, 4.69) is 31.2 Å². The first kappa shape index (κ1) is 19.2. The van der Waals surface area contributed by atoms with Crippen LogP contribution in [0.15, 0.2) is 52.2 Å². The Hall–Kier alpha value is -2.16. The number of fused-ring (bicyclic) bond motifs is 1. The molecular weight excluding hydrogens is 466 g/mol. The van der Waals surface area contributed by atoms with E-state index in [0.717, 1.165) is 15.7 Å². The highest BCUT2D eigenvalue weighted by Crippen LogP contribution is 2.38. The third-order valence-corrected chi connectivity index (χ3v) is 5.68. The molecular formula is C19H15BrClN3O3S. The van der Waals surface area contributed by atoms with Crippen LogP contribution >= 0.6 is 39.3 Å². The SMILES string of the molecule is O=C(CSc1ncc(-c2ccc(Br)cc2)[nH]1)Nc1cc2c(cc1Cl)OCCO2. The lowest BCUT2D eigenvalue weighted by Gasteiger charge is -2.19. The summed E-state index contributed by atoms with van der Waals surface area (Å²) in [6.45, 7) is 0.953. The number of aromatic nitrogens is 2. The van der Waals surface area contributed by atoms with Crippen LogP contribution < -0.4 is 14.8 Å².